The van der Waals surface area contributed by atoms with Crippen LogP contribution in [0, 0.1) is 40.8 Å². The van der Waals surface area contributed by atoms with Gasteiger partial charge in [0, 0.05) is 23.3 Å². The summed E-state index contributed by atoms with van der Waals surface area (Å²) in [6.07, 6.45) is 5.59. The first kappa shape index (κ1) is 34.2. The third-order valence-corrected chi connectivity index (χ3v) is 8.72. The van der Waals surface area contributed by atoms with Gasteiger partial charge in [0.1, 0.15) is 23.2 Å². The smallest absolute Gasteiger partial charge is 0.426 e. The molecule has 5 rings (SSSR count). The molecule has 4 aromatic rings. The lowest BCUT2D eigenvalue weighted by Gasteiger charge is -2.27. The van der Waals surface area contributed by atoms with Crippen LogP contribution in [-0.4, -0.2) is 0 Å². The Bertz CT molecular complexity index is 1680. The molecule has 0 saturated heterocycles. The second-order valence-electron chi connectivity index (χ2n) is 12.0. The number of rotatable bonds is 11. The molecule has 9 heteroatoms. The average molecular weight is 659 g/mol. The van der Waals surface area contributed by atoms with Crippen LogP contribution in [0.25, 0.3) is 17.2 Å². The van der Waals surface area contributed by atoms with Crippen molar-refractivity contribution >= 4 is 6.08 Å². The first-order valence-electron chi connectivity index (χ1n) is 15.7. The molecule has 0 spiro atoms. The summed E-state index contributed by atoms with van der Waals surface area (Å²) in [7, 11) is 0. The fraction of sp³-hybridized carbons (Fsp3) is 0.316. The number of halogens is 8. The number of hydrogen-bond acceptors (Lipinski definition) is 1. The molecule has 1 fully saturated rings. The maximum atomic E-state index is 14.9. The molecule has 0 atom stereocenters. The fourth-order valence-corrected chi connectivity index (χ4v) is 6.04. The Morgan fingerprint density at radius 3 is 1.96 bits per heavy atom. The van der Waals surface area contributed by atoms with Crippen LogP contribution in [0.4, 0.5) is 35.1 Å². The Morgan fingerprint density at radius 1 is 0.723 bits per heavy atom. The Kier molecular flexibility index (Phi) is 10.7. The zero-order valence-corrected chi connectivity index (χ0v) is 25.7. The number of allylic oxidation sites excluding steroid dienone is 1. The van der Waals surface area contributed by atoms with Crippen molar-refractivity contribution in [2.75, 3.05) is 0 Å². The highest BCUT2D eigenvalue weighted by Gasteiger charge is 2.35. The molecule has 0 radical (unpaired) electrons. The average Bonchev–Trinajstić information content (AvgIpc) is 3.03. The van der Waals surface area contributed by atoms with Crippen molar-refractivity contribution in [3.05, 3.63) is 130 Å². The summed E-state index contributed by atoms with van der Waals surface area (Å²) < 4.78 is 120. The van der Waals surface area contributed by atoms with E-state index in [0.717, 1.165) is 55.5 Å². The molecule has 1 saturated carbocycles. The Labute approximate surface area is 268 Å². The highest BCUT2D eigenvalue weighted by atomic mass is 19.3. The number of ether oxygens (including phenoxy) is 1. The number of aryl methyl sites for hydroxylation is 1. The number of hydrogen-bond donors (Lipinski definition) is 0. The molecule has 1 aliphatic carbocycles. The summed E-state index contributed by atoms with van der Waals surface area (Å²) in [5, 5.41) is 0. The van der Waals surface area contributed by atoms with Crippen molar-refractivity contribution in [2.45, 2.75) is 70.3 Å². The third-order valence-electron chi connectivity index (χ3n) is 8.72. The Morgan fingerprint density at radius 2 is 1.36 bits per heavy atom. The van der Waals surface area contributed by atoms with Crippen LogP contribution in [0.5, 0.6) is 5.75 Å². The Hall–Kier alpha value is -4.14. The normalized spacial score (nSPS) is 17.0. The first-order valence-corrected chi connectivity index (χ1v) is 15.7. The minimum absolute atomic E-state index is 0.00581. The summed E-state index contributed by atoms with van der Waals surface area (Å²) >= 11 is 0. The van der Waals surface area contributed by atoms with Crippen molar-refractivity contribution < 1.29 is 39.9 Å². The molecule has 0 bridgehead atoms. The largest absolute Gasteiger partial charge is 0.429 e. The highest BCUT2D eigenvalue weighted by molar-refractivity contribution is 5.65. The molecule has 0 unspecified atom stereocenters. The van der Waals surface area contributed by atoms with Gasteiger partial charge in [-0.1, -0.05) is 56.2 Å². The van der Waals surface area contributed by atoms with Gasteiger partial charge in [0.15, 0.2) is 17.5 Å². The van der Waals surface area contributed by atoms with Crippen molar-refractivity contribution in [2.24, 2.45) is 5.92 Å². The zero-order valence-electron chi connectivity index (χ0n) is 25.7. The maximum absolute atomic E-state index is 14.9. The lowest BCUT2D eigenvalue weighted by Crippen LogP contribution is -2.22. The molecule has 0 aliphatic heterocycles. The Balaban J connectivity index is 1.18. The topological polar surface area (TPSA) is 9.23 Å². The molecule has 248 valence electrons. The maximum Gasteiger partial charge on any atom is 0.426 e. The number of unbranched alkanes of at least 4 members (excludes halogenated alkanes) is 2. The molecule has 1 nitrogen and oxygen atoms in total. The van der Waals surface area contributed by atoms with Crippen LogP contribution >= 0.6 is 0 Å². The molecule has 0 N–H and O–H groups in total. The molecular weight excluding hydrogens is 624 g/mol. The summed E-state index contributed by atoms with van der Waals surface area (Å²) in [5.41, 5.74) is 0.654. The van der Waals surface area contributed by atoms with E-state index in [0.29, 0.717) is 31.2 Å². The molecule has 0 heterocycles. The highest BCUT2D eigenvalue weighted by Crippen LogP contribution is 2.39. The van der Waals surface area contributed by atoms with Gasteiger partial charge in [-0.05, 0) is 97.4 Å². The van der Waals surface area contributed by atoms with Gasteiger partial charge in [0.2, 0.25) is 0 Å². The second-order valence-corrected chi connectivity index (χ2v) is 12.0. The molecule has 4 aromatic carbocycles. The number of benzene rings is 4. The van der Waals surface area contributed by atoms with Gasteiger partial charge in [0.25, 0.3) is 0 Å². The van der Waals surface area contributed by atoms with E-state index in [1.54, 1.807) is 24.3 Å². The predicted molar refractivity (Wildman–Crippen MR) is 166 cm³/mol. The van der Waals surface area contributed by atoms with Crippen molar-refractivity contribution in [3.63, 3.8) is 0 Å². The van der Waals surface area contributed by atoms with E-state index in [1.807, 2.05) is 0 Å². The summed E-state index contributed by atoms with van der Waals surface area (Å²) in [6, 6.07) is 13.0. The molecule has 0 amide bonds. The van der Waals surface area contributed by atoms with E-state index < -0.39 is 52.3 Å². The molecule has 47 heavy (non-hydrogen) atoms. The monoisotopic (exact) mass is 658 g/mol. The first-order chi connectivity index (χ1) is 22.4. The van der Waals surface area contributed by atoms with E-state index in [-0.39, 0.29) is 28.5 Å². The van der Waals surface area contributed by atoms with Gasteiger partial charge in [-0.2, -0.15) is 8.78 Å². The SMILES string of the molecule is CCCCCc1ccc(C(F)(F)Oc2cc(F)c(/C=C/C3CCC(c4ccc(-c5cc(F)c(F)c(F)c5)c(F)c4)CC3)c(F)c2)cc1. The van der Waals surface area contributed by atoms with Crippen LogP contribution in [0.15, 0.2) is 72.8 Å². The lowest BCUT2D eigenvalue weighted by molar-refractivity contribution is -0.185. The van der Waals surface area contributed by atoms with E-state index in [9.17, 15) is 35.1 Å². The fourth-order valence-electron chi connectivity index (χ4n) is 6.04. The van der Waals surface area contributed by atoms with E-state index in [2.05, 4.69) is 6.92 Å². The van der Waals surface area contributed by atoms with Gasteiger partial charge in [-0.15, -0.1) is 0 Å². The van der Waals surface area contributed by atoms with E-state index >= 15 is 0 Å². The van der Waals surface area contributed by atoms with Crippen LogP contribution in [-0.2, 0) is 12.5 Å². The third kappa shape index (κ3) is 8.24. The predicted octanol–water partition coefficient (Wildman–Crippen LogP) is 12.0. The molecular formula is C38H34F8O. The zero-order chi connectivity index (χ0) is 33.7. The summed E-state index contributed by atoms with van der Waals surface area (Å²) in [6.45, 7) is 2.08. The standard InChI is InChI=1S/C38H34F8O/c1-2-3-4-5-23-8-14-28(15-9-23)38(45,46)47-29-21-33(40)31(34(41)22-29)16-10-24-6-11-25(12-7-24)26-13-17-30(32(39)18-26)27-19-35(42)37(44)36(43)20-27/h8-10,13-22,24-25H,2-7,11-12H2,1H3/b16-10+. The lowest BCUT2D eigenvalue weighted by atomic mass is 9.78. The summed E-state index contributed by atoms with van der Waals surface area (Å²) in [4.78, 5) is 0. The van der Waals surface area contributed by atoms with Gasteiger partial charge in [-0.25, -0.2) is 26.3 Å². The van der Waals surface area contributed by atoms with Gasteiger partial charge >= 0.3 is 6.11 Å². The van der Waals surface area contributed by atoms with Crippen LogP contribution in [0.3, 0.4) is 0 Å². The molecule has 0 aromatic heterocycles. The van der Waals surface area contributed by atoms with E-state index in [4.69, 9.17) is 4.74 Å². The van der Waals surface area contributed by atoms with Gasteiger partial charge in [-0.3, -0.25) is 0 Å². The minimum Gasteiger partial charge on any atom is -0.429 e. The van der Waals surface area contributed by atoms with E-state index in [1.165, 1.54) is 30.3 Å². The minimum atomic E-state index is -3.79. The quantitative estimate of drug-likeness (QED) is 0.0885. The van der Waals surface area contributed by atoms with Gasteiger partial charge < -0.3 is 4.74 Å². The van der Waals surface area contributed by atoms with Crippen molar-refractivity contribution in [3.8, 4) is 16.9 Å². The van der Waals surface area contributed by atoms with Crippen LogP contribution in [0.2, 0.25) is 0 Å². The van der Waals surface area contributed by atoms with Crippen molar-refractivity contribution in [1.82, 2.24) is 0 Å². The molecule has 1 aliphatic rings. The van der Waals surface area contributed by atoms with Crippen LogP contribution < -0.4 is 4.74 Å². The summed E-state index contributed by atoms with van der Waals surface area (Å²) in [5.74, 6) is -7.87. The van der Waals surface area contributed by atoms with Gasteiger partial charge in [0.05, 0.1) is 5.56 Å². The van der Waals surface area contributed by atoms with Crippen LogP contribution in [0.1, 0.15) is 80.0 Å². The number of alkyl halides is 2. The van der Waals surface area contributed by atoms with Crippen molar-refractivity contribution in [1.29, 1.82) is 0 Å². The second kappa shape index (κ2) is 14.7.